The highest BCUT2D eigenvalue weighted by Crippen LogP contribution is 2.20. The molecule has 2 fully saturated rings. The molecule has 0 saturated carbocycles. The lowest BCUT2D eigenvalue weighted by molar-refractivity contribution is -0.141. The fraction of sp³-hybridized carbons (Fsp3) is 0.611. The monoisotopic (exact) mass is 301 g/mol. The van der Waals surface area contributed by atoms with Gasteiger partial charge in [0.15, 0.2) is 0 Å². The molecule has 2 saturated heterocycles. The first-order valence-electron chi connectivity index (χ1n) is 8.51. The van der Waals surface area contributed by atoms with Gasteiger partial charge in [0.05, 0.1) is 0 Å². The van der Waals surface area contributed by atoms with E-state index in [1.165, 1.54) is 5.56 Å². The molecule has 1 aromatic carbocycles. The Bertz CT molecular complexity index is 484. The molecule has 0 spiro atoms. The number of amides is 1. The molecule has 3 rings (SSSR count). The lowest BCUT2D eigenvalue weighted by Gasteiger charge is -2.41. The van der Waals surface area contributed by atoms with Gasteiger partial charge in [-0.25, -0.2) is 0 Å². The zero-order valence-corrected chi connectivity index (χ0v) is 13.5. The highest BCUT2D eigenvalue weighted by Gasteiger charge is 2.32. The number of carbonyl (C=O) groups is 1. The summed E-state index contributed by atoms with van der Waals surface area (Å²) in [5, 5.41) is 3.34. The third kappa shape index (κ3) is 3.68. The van der Waals surface area contributed by atoms with E-state index in [2.05, 4.69) is 52.4 Å². The zero-order valence-electron chi connectivity index (χ0n) is 13.5. The van der Waals surface area contributed by atoms with E-state index in [0.29, 0.717) is 11.9 Å². The van der Waals surface area contributed by atoms with Gasteiger partial charge >= 0.3 is 0 Å². The van der Waals surface area contributed by atoms with Gasteiger partial charge in [-0.15, -0.1) is 0 Å². The van der Waals surface area contributed by atoms with Gasteiger partial charge in [-0.2, -0.15) is 0 Å². The number of hydrogen-bond donors (Lipinski definition) is 1. The average molecular weight is 301 g/mol. The minimum absolute atomic E-state index is 0.240. The van der Waals surface area contributed by atoms with Crippen molar-refractivity contribution >= 4 is 5.91 Å². The summed E-state index contributed by atoms with van der Waals surface area (Å²) < 4.78 is 0. The van der Waals surface area contributed by atoms with E-state index in [9.17, 15) is 4.79 Å². The predicted octanol–water partition coefficient (Wildman–Crippen LogP) is 1.72. The van der Waals surface area contributed by atoms with E-state index in [0.717, 1.165) is 52.1 Å². The molecule has 2 heterocycles. The molecule has 2 aliphatic heterocycles. The van der Waals surface area contributed by atoms with Crippen molar-refractivity contribution in [2.75, 3.05) is 32.7 Å². The summed E-state index contributed by atoms with van der Waals surface area (Å²) >= 11 is 0. The van der Waals surface area contributed by atoms with Crippen LogP contribution >= 0.6 is 0 Å². The van der Waals surface area contributed by atoms with Crippen LogP contribution in [0, 0.1) is 5.92 Å². The van der Waals surface area contributed by atoms with Crippen LogP contribution in [-0.2, 0) is 11.3 Å². The van der Waals surface area contributed by atoms with Crippen molar-refractivity contribution in [1.29, 1.82) is 0 Å². The lowest BCUT2D eigenvalue weighted by atomic mass is 9.95. The molecule has 22 heavy (non-hydrogen) atoms. The Morgan fingerprint density at radius 1 is 1.18 bits per heavy atom. The third-order valence-electron chi connectivity index (χ3n) is 4.93. The summed E-state index contributed by atoms with van der Waals surface area (Å²) in [7, 11) is 0. The molecule has 4 heteroatoms. The van der Waals surface area contributed by atoms with Gasteiger partial charge in [0, 0.05) is 38.1 Å². The molecule has 0 radical (unpaired) electrons. The van der Waals surface area contributed by atoms with Crippen molar-refractivity contribution < 1.29 is 4.79 Å². The fourth-order valence-electron chi connectivity index (χ4n) is 3.65. The summed E-state index contributed by atoms with van der Waals surface area (Å²) in [6, 6.07) is 10.9. The van der Waals surface area contributed by atoms with Crippen molar-refractivity contribution in [3.63, 3.8) is 0 Å². The minimum atomic E-state index is 0.240. The Balaban J connectivity index is 1.54. The molecule has 1 N–H and O–H groups in total. The van der Waals surface area contributed by atoms with Crippen molar-refractivity contribution in [3.8, 4) is 0 Å². The third-order valence-corrected chi connectivity index (χ3v) is 4.93. The summed E-state index contributed by atoms with van der Waals surface area (Å²) in [6.45, 7) is 7.98. The second kappa shape index (κ2) is 7.25. The number of hydrogen-bond acceptors (Lipinski definition) is 3. The van der Waals surface area contributed by atoms with Crippen molar-refractivity contribution in [2.45, 2.75) is 32.4 Å². The van der Waals surface area contributed by atoms with Crippen LogP contribution in [0.4, 0.5) is 0 Å². The summed E-state index contributed by atoms with van der Waals surface area (Å²) in [5.74, 6) is 0.623. The van der Waals surface area contributed by atoms with E-state index in [1.54, 1.807) is 0 Å². The first-order chi connectivity index (χ1) is 10.7. The van der Waals surface area contributed by atoms with Gasteiger partial charge in [-0.1, -0.05) is 30.3 Å². The van der Waals surface area contributed by atoms with Crippen LogP contribution in [0.15, 0.2) is 30.3 Å². The largest absolute Gasteiger partial charge is 0.337 e. The zero-order chi connectivity index (χ0) is 15.4. The molecule has 0 aromatic heterocycles. The number of nitrogens with one attached hydrogen (secondary N) is 1. The quantitative estimate of drug-likeness (QED) is 0.923. The standard InChI is InChI=1S/C18H27N3O/c1-15-13-20(14-16-5-3-2-4-6-16)11-12-21(15)18(22)17-7-9-19-10-8-17/h2-6,15,17,19H,7-14H2,1H3. The summed E-state index contributed by atoms with van der Waals surface area (Å²) in [6.07, 6.45) is 1.99. The smallest absolute Gasteiger partial charge is 0.226 e. The number of piperazine rings is 1. The van der Waals surface area contributed by atoms with Crippen LogP contribution in [-0.4, -0.2) is 54.5 Å². The van der Waals surface area contributed by atoms with Crippen molar-refractivity contribution in [3.05, 3.63) is 35.9 Å². The van der Waals surface area contributed by atoms with E-state index in [-0.39, 0.29) is 5.92 Å². The van der Waals surface area contributed by atoms with Crippen LogP contribution in [0.1, 0.15) is 25.3 Å². The van der Waals surface area contributed by atoms with Crippen molar-refractivity contribution in [1.82, 2.24) is 15.1 Å². The fourth-order valence-corrected chi connectivity index (χ4v) is 3.65. The molecular formula is C18H27N3O. The average Bonchev–Trinajstić information content (AvgIpc) is 2.56. The Morgan fingerprint density at radius 3 is 2.59 bits per heavy atom. The van der Waals surface area contributed by atoms with E-state index in [1.807, 2.05) is 0 Å². The Morgan fingerprint density at radius 2 is 1.91 bits per heavy atom. The van der Waals surface area contributed by atoms with Gasteiger partial charge < -0.3 is 10.2 Å². The van der Waals surface area contributed by atoms with Crippen LogP contribution < -0.4 is 5.32 Å². The first-order valence-corrected chi connectivity index (χ1v) is 8.51. The molecule has 1 aromatic rings. The highest BCUT2D eigenvalue weighted by atomic mass is 16.2. The molecule has 1 atom stereocenters. The normalized spacial score (nSPS) is 24.4. The van der Waals surface area contributed by atoms with Gasteiger partial charge in [-0.05, 0) is 38.4 Å². The molecular weight excluding hydrogens is 274 g/mol. The summed E-state index contributed by atoms with van der Waals surface area (Å²) in [5.41, 5.74) is 1.35. The van der Waals surface area contributed by atoms with E-state index < -0.39 is 0 Å². The maximum Gasteiger partial charge on any atom is 0.226 e. The van der Waals surface area contributed by atoms with Crippen molar-refractivity contribution in [2.24, 2.45) is 5.92 Å². The molecule has 1 unspecified atom stereocenters. The Kier molecular flexibility index (Phi) is 5.11. The molecule has 2 aliphatic rings. The first kappa shape index (κ1) is 15.5. The minimum Gasteiger partial charge on any atom is -0.337 e. The topological polar surface area (TPSA) is 35.6 Å². The lowest BCUT2D eigenvalue weighted by Crippen LogP contribution is -2.55. The maximum absolute atomic E-state index is 12.7. The Labute approximate surface area is 133 Å². The van der Waals surface area contributed by atoms with E-state index in [4.69, 9.17) is 0 Å². The number of rotatable bonds is 3. The molecule has 4 nitrogen and oxygen atoms in total. The van der Waals surface area contributed by atoms with Crippen LogP contribution in [0.3, 0.4) is 0 Å². The number of benzene rings is 1. The molecule has 0 aliphatic carbocycles. The SMILES string of the molecule is CC1CN(Cc2ccccc2)CCN1C(=O)C1CCNCC1. The summed E-state index contributed by atoms with van der Waals surface area (Å²) in [4.78, 5) is 17.3. The Hall–Kier alpha value is -1.39. The number of carbonyl (C=O) groups excluding carboxylic acids is 1. The second-order valence-electron chi connectivity index (χ2n) is 6.63. The van der Waals surface area contributed by atoms with Gasteiger partial charge in [-0.3, -0.25) is 9.69 Å². The van der Waals surface area contributed by atoms with Gasteiger partial charge in [0.25, 0.3) is 0 Å². The maximum atomic E-state index is 12.7. The van der Waals surface area contributed by atoms with Crippen LogP contribution in [0.2, 0.25) is 0 Å². The highest BCUT2D eigenvalue weighted by molar-refractivity contribution is 5.79. The number of piperidine rings is 1. The van der Waals surface area contributed by atoms with Crippen LogP contribution in [0.25, 0.3) is 0 Å². The second-order valence-corrected chi connectivity index (χ2v) is 6.63. The van der Waals surface area contributed by atoms with Gasteiger partial charge in [0.2, 0.25) is 5.91 Å². The van der Waals surface area contributed by atoms with E-state index >= 15 is 0 Å². The number of nitrogens with zero attached hydrogens (tertiary/aromatic N) is 2. The molecule has 120 valence electrons. The van der Waals surface area contributed by atoms with Crippen LogP contribution in [0.5, 0.6) is 0 Å². The molecule has 1 amide bonds. The predicted molar refractivity (Wildman–Crippen MR) is 88.5 cm³/mol. The molecule has 0 bridgehead atoms. The van der Waals surface area contributed by atoms with Gasteiger partial charge in [0.1, 0.15) is 0 Å².